The molecule has 0 saturated heterocycles. The van der Waals surface area contributed by atoms with E-state index in [1.807, 2.05) is 32.2 Å². The lowest BCUT2D eigenvalue weighted by molar-refractivity contribution is 0.245. The number of thioether (sulfide) groups is 1. The Morgan fingerprint density at radius 1 is 1.11 bits per heavy atom. The molecule has 35 heavy (non-hydrogen) atoms. The van der Waals surface area contributed by atoms with Gasteiger partial charge < -0.3 is 5.11 Å². The van der Waals surface area contributed by atoms with Gasteiger partial charge in [-0.05, 0) is 67.6 Å². The maximum atomic E-state index is 13.5. The van der Waals surface area contributed by atoms with Gasteiger partial charge in [0, 0.05) is 28.5 Å². The maximum absolute atomic E-state index is 13.5. The number of rotatable bonds is 5. The summed E-state index contributed by atoms with van der Waals surface area (Å²) in [7, 11) is -3.83. The van der Waals surface area contributed by atoms with Gasteiger partial charge in [-0.15, -0.1) is 11.8 Å². The standard InChI is InChI=1S/C27H23N3O3S2/c1-16-4-8-20(9-5-16)35(32,33)30-11-10-21-25(24(34-3)12-17(2)26(21)30)27(31)23-14-19-7-6-18(15-28)13-22(19)29-23/h4-13,27,31H,14H2,1-3H3. The molecule has 0 bridgehead atoms. The minimum absolute atomic E-state index is 0.208. The van der Waals surface area contributed by atoms with Gasteiger partial charge in [0.15, 0.2) is 0 Å². The Balaban J connectivity index is 1.66. The molecule has 1 aliphatic rings. The van der Waals surface area contributed by atoms with Gasteiger partial charge in [0.25, 0.3) is 10.0 Å². The molecule has 0 aliphatic carbocycles. The van der Waals surface area contributed by atoms with E-state index in [1.165, 1.54) is 15.7 Å². The van der Waals surface area contributed by atoms with E-state index >= 15 is 0 Å². The number of aryl methyl sites for hydroxylation is 2. The molecule has 6 nitrogen and oxygen atoms in total. The Kier molecular flexibility index (Phi) is 5.80. The molecule has 0 amide bonds. The average Bonchev–Trinajstić information content (AvgIpc) is 3.48. The van der Waals surface area contributed by atoms with Crippen molar-refractivity contribution in [1.29, 1.82) is 5.26 Å². The van der Waals surface area contributed by atoms with Gasteiger partial charge in [-0.25, -0.2) is 12.4 Å². The van der Waals surface area contributed by atoms with Gasteiger partial charge in [0.2, 0.25) is 0 Å². The first-order chi connectivity index (χ1) is 16.7. The highest BCUT2D eigenvalue weighted by Gasteiger charge is 2.29. The molecule has 1 aromatic heterocycles. The molecule has 0 saturated carbocycles. The highest BCUT2D eigenvalue weighted by atomic mass is 32.2. The molecule has 8 heteroatoms. The van der Waals surface area contributed by atoms with Crippen LogP contribution in [0.15, 0.2) is 75.6 Å². The number of aromatic nitrogens is 1. The summed E-state index contributed by atoms with van der Waals surface area (Å²) in [5.74, 6) is 0. The maximum Gasteiger partial charge on any atom is 0.268 e. The van der Waals surface area contributed by atoms with E-state index in [1.54, 1.807) is 48.7 Å². The Labute approximate surface area is 208 Å². The number of benzene rings is 3. The van der Waals surface area contributed by atoms with Crippen molar-refractivity contribution in [1.82, 2.24) is 3.97 Å². The molecular weight excluding hydrogens is 478 g/mol. The second kappa shape index (κ2) is 8.68. The van der Waals surface area contributed by atoms with Crippen LogP contribution in [0.4, 0.5) is 5.69 Å². The number of fused-ring (bicyclic) bond motifs is 2. The quantitative estimate of drug-likeness (QED) is 0.367. The normalized spacial score (nSPS) is 14.0. The molecule has 4 aromatic rings. The van der Waals surface area contributed by atoms with Gasteiger partial charge in [0.1, 0.15) is 6.10 Å². The molecule has 5 rings (SSSR count). The molecule has 1 aliphatic heterocycles. The number of aliphatic hydroxyl groups is 1. The van der Waals surface area contributed by atoms with Crippen LogP contribution in [-0.4, -0.2) is 29.5 Å². The molecule has 0 spiro atoms. The lowest BCUT2D eigenvalue weighted by Gasteiger charge is -2.18. The summed E-state index contributed by atoms with van der Waals surface area (Å²) >= 11 is 1.50. The average molecular weight is 502 g/mol. The fourth-order valence-electron chi connectivity index (χ4n) is 4.57. The first kappa shape index (κ1) is 23.4. The Morgan fingerprint density at radius 2 is 1.86 bits per heavy atom. The zero-order valence-electron chi connectivity index (χ0n) is 19.5. The lowest BCUT2D eigenvalue weighted by atomic mass is 9.96. The summed E-state index contributed by atoms with van der Waals surface area (Å²) in [5, 5.41) is 21.4. The van der Waals surface area contributed by atoms with Gasteiger partial charge >= 0.3 is 0 Å². The lowest BCUT2D eigenvalue weighted by Crippen LogP contribution is -2.15. The Hall–Kier alpha value is -3.38. The van der Waals surface area contributed by atoms with Crippen LogP contribution in [-0.2, 0) is 16.4 Å². The smallest absolute Gasteiger partial charge is 0.268 e. The van der Waals surface area contributed by atoms with Gasteiger partial charge in [-0.3, -0.25) is 4.99 Å². The molecule has 1 unspecified atom stereocenters. The van der Waals surface area contributed by atoms with E-state index in [0.29, 0.717) is 39.8 Å². The first-order valence-corrected chi connectivity index (χ1v) is 13.7. The third-order valence-electron chi connectivity index (χ3n) is 6.37. The van der Waals surface area contributed by atoms with E-state index in [-0.39, 0.29) is 4.90 Å². The number of aliphatic imine (C=N–C) groups is 1. The van der Waals surface area contributed by atoms with E-state index in [0.717, 1.165) is 21.6 Å². The third kappa shape index (κ3) is 3.86. The monoisotopic (exact) mass is 501 g/mol. The minimum Gasteiger partial charge on any atom is -0.382 e. The molecule has 1 N–H and O–H groups in total. The summed E-state index contributed by atoms with van der Waals surface area (Å²) < 4.78 is 28.3. The highest BCUT2D eigenvalue weighted by Crippen LogP contribution is 2.40. The number of aliphatic hydroxyl groups excluding tert-OH is 1. The van der Waals surface area contributed by atoms with E-state index in [2.05, 4.69) is 11.1 Å². The van der Waals surface area contributed by atoms with Crippen LogP contribution in [0, 0.1) is 25.2 Å². The van der Waals surface area contributed by atoms with Crippen LogP contribution in [0.5, 0.6) is 0 Å². The van der Waals surface area contributed by atoms with Crippen molar-refractivity contribution in [3.8, 4) is 6.07 Å². The summed E-state index contributed by atoms with van der Waals surface area (Å²) in [6.45, 7) is 3.79. The molecule has 3 aromatic carbocycles. The van der Waals surface area contributed by atoms with Crippen LogP contribution in [0.1, 0.15) is 33.9 Å². The number of nitrogens with zero attached hydrogens (tertiary/aromatic N) is 3. The van der Waals surface area contributed by atoms with E-state index < -0.39 is 16.1 Å². The predicted molar refractivity (Wildman–Crippen MR) is 139 cm³/mol. The predicted octanol–water partition coefficient (Wildman–Crippen LogP) is 5.45. The second-order valence-electron chi connectivity index (χ2n) is 8.64. The van der Waals surface area contributed by atoms with E-state index in [4.69, 9.17) is 0 Å². The van der Waals surface area contributed by atoms with Crippen LogP contribution in [0.25, 0.3) is 10.9 Å². The fraction of sp³-hybridized carbons (Fsp3) is 0.185. The van der Waals surface area contributed by atoms with E-state index in [9.17, 15) is 18.8 Å². The van der Waals surface area contributed by atoms with Crippen LogP contribution < -0.4 is 0 Å². The topological polar surface area (TPSA) is 95.4 Å². The molecule has 0 fully saturated rings. The Bertz CT molecular complexity index is 1660. The highest BCUT2D eigenvalue weighted by molar-refractivity contribution is 7.98. The van der Waals surface area contributed by atoms with Crippen molar-refractivity contribution >= 4 is 44.1 Å². The number of hydrogen-bond donors (Lipinski definition) is 1. The molecule has 176 valence electrons. The van der Waals surface area contributed by atoms with Crippen molar-refractivity contribution in [2.24, 2.45) is 4.99 Å². The summed E-state index contributed by atoms with van der Waals surface area (Å²) in [6, 6.07) is 17.9. The second-order valence-corrected chi connectivity index (χ2v) is 11.3. The largest absolute Gasteiger partial charge is 0.382 e. The van der Waals surface area contributed by atoms with Crippen LogP contribution >= 0.6 is 11.8 Å². The summed E-state index contributed by atoms with van der Waals surface area (Å²) in [5.41, 5.74) is 5.69. The van der Waals surface area contributed by atoms with Gasteiger partial charge in [-0.1, -0.05) is 23.8 Å². The van der Waals surface area contributed by atoms with Crippen molar-refractivity contribution in [3.05, 3.63) is 88.6 Å². The van der Waals surface area contributed by atoms with Crippen LogP contribution in [0.2, 0.25) is 0 Å². The summed E-state index contributed by atoms with van der Waals surface area (Å²) in [6.07, 6.45) is 2.93. The zero-order valence-corrected chi connectivity index (χ0v) is 21.1. The Morgan fingerprint density at radius 3 is 2.54 bits per heavy atom. The molecule has 0 radical (unpaired) electrons. The van der Waals surface area contributed by atoms with Crippen molar-refractivity contribution < 1.29 is 13.5 Å². The molecular formula is C27H23N3O3S2. The minimum atomic E-state index is -3.83. The first-order valence-electron chi connectivity index (χ1n) is 11.0. The third-order valence-corrected chi connectivity index (χ3v) is 8.83. The molecule has 1 atom stereocenters. The van der Waals surface area contributed by atoms with Crippen molar-refractivity contribution in [2.75, 3.05) is 6.26 Å². The van der Waals surface area contributed by atoms with Crippen LogP contribution in [0.3, 0.4) is 0 Å². The summed E-state index contributed by atoms with van der Waals surface area (Å²) in [4.78, 5) is 5.71. The SMILES string of the molecule is CSc1cc(C)c2c(ccn2S(=O)(=O)c2ccc(C)cc2)c1C(O)C1=Nc2cc(C#N)ccc2C1. The number of hydrogen-bond acceptors (Lipinski definition) is 6. The van der Waals surface area contributed by atoms with Gasteiger partial charge in [-0.2, -0.15) is 5.26 Å². The van der Waals surface area contributed by atoms with Crippen molar-refractivity contribution in [3.63, 3.8) is 0 Å². The molecule has 2 heterocycles. The van der Waals surface area contributed by atoms with Gasteiger partial charge in [0.05, 0.1) is 33.4 Å². The fourth-order valence-corrected chi connectivity index (χ4v) is 6.72. The zero-order chi connectivity index (χ0) is 24.9. The number of nitriles is 1. The van der Waals surface area contributed by atoms with Crippen molar-refractivity contribution in [2.45, 2.75) is 36.2 Å².